The first-order chi connectivity index (χ1) is 7.93. The number of hydrogen-bond donors (Lipinski definition) is 0. The molecule has 0 saturated heterocycles. The monoisotopic (exact) mass is 241 g/mol. The van der Waals surface area contributed by atoms with Gasteiger partial charge in [0.05, 0.1) is 0 Å². The Kier molecular flexibility index (Phi) is 9.58. The van der Waals surface area contributed by atoms with Gasteiger partial charge in [-0.1, -0.05) is 73.3 Å². The normalized spacial score (nSPS) is 16.3. The highest BCUT2D eigenvalue weighted by Crippen LogP contribution is 2.39. The second-order valence-electron chi connectivity index (χ2n) is 5.32. The molecule has 0 unspecified atom stereocenters. The first-order valence-corrected chi connectivity index (χ1v) is 8.75. The van der Waals surface area contributed by atoms with Gasteiger partial charge in [0.15, 0.2) is 0 Å². The SMILES string of the molecule is CCCCCCCCCCCC[P]C1CC1. The molecule has 0 aliphatic heterocycles. The Hall–Kier alpha value is 0.430. The summed E-state index contributed by atoms with van der Waals surface area (Å²) < 4.78 is 0. The highest BCUT2D eigenvalue weighted by molar-refractivity contribution is 7.39. The molecular weight excluding hydrogens is 211 g/mol. The van der Waals surface area contributed by atoms with Gasteiger partial charge in [-0.05, 0) is 31.1 Å². The molecule has 1 heteroatoms. The third kappa shape index (κ3) is 9.64. The van der Waals surface area contributed by atoms with E-state index in [4.69, 9.17) is 0 Å². The zero-order valence-electron chi connectivity index (χ0n) is 11.2. The molecule has 0 atom stereocenters. The molecule has 0 N–H and O–H groups in total. The van der Waals surface area contributed by atoms with Crippen LogP contribution in [-0.4, -0.2) is 11.8 Å². The van der Waals surface area contributed by atoms with Crippen LogP contribution < -0.4 is 0 Å². The summed E-state index contributed by atoms with van der Waals surface area (Å²) in [6, 6.07) is 0. The molecule has 1 rings (SSSR count). The van der Waals surface area contributed by atoms with Crippen molar-refractivity contribution in [3.05, 3.63) is 0 Å². The molecule has 95 valence electrons. The Balaban J connectivity index is 1.61. The minimum atomic E-state index is 1.12. The minimum Gasteiger partial charge on any atom is -0.0775 e. The molecular formula is C15H30P. The summed E-state index contributed by atoms with van der Waals surface area (Å²) in [5, 5.41) is 0. The Morgan fingerprint density at radius 2 is 1.25 bits per heavy atom. The van der Waals surface area contributed by atoms with E-state index < -0.39 is 0 Å². The third-order valence-electron chi connectivity index (χ3n) is 3.45. The summed E-state index contributed by atoms with van der Waals surface area (Å²) in [6.45, 7) is 2.29. The first kappa shape index (κ1) is 14.5. The predicted octanol–water partition coefficient (Wildman–Crippen LogP) is 6.02. The van der Waals surface area contributed by atoms with Crippen LogP contribution >= 0.6 is 8.58 Å². The van der Waals surface area contributed by atoms with Gasteiger partial charge in [0.25, 0.3) is 0 Å². The van der Waals surface area contributed by atoms with Crippen LogP contribution in [-0.2, 0) is 0 Å². The van der Waals surface area contributed by atoms with Crippen molar-refractivity contribution in [2.75, 3.05) is 6.16 Å². The Labute approximate surface area is 105 Å². The molecule has 0 aromatic heterocycles. The van der Waals surface area contributed by atoms with E-state index in [1.807, 2.05) is 0 Å². The van der Waals surface area contributed by atoms with Crippen LogP contribution in [0.2, 0.25) is 0 Å². The molecule has 0 spiro atoms. The first-order valence-electron chi connectivity index (χ1n) is 7.60. The van der Waals surface area contributed by atoms with Gasteiger partial charge in [0.1, 0.15) is 0 Å². The van der Waals surface area contributed by atoms with Gasteiger partial charge >= 0.3 is 0 Å². The number of hydrogen-bond acceptors (Lipinski definition) is 0. The number of rotatable bonds is 12. The van der Waals surface area contributed by atoms with E-state index >= 15 is 0 Å². The lowest BCUT2D eigenvalue weighted by atomic mass is 10.1. The molecule has 0 nitrogen and oxygen atoms in total. The second-order valence-corrected chi connectivity index (χ2v) is 6.86. The van der Waals surface area contributed by atoms with Crippen LogP contribution in [0.25, 0.3) is 0 Å². The van der Waals surface area contributed by atoms with Crippen LogP contribution in [0.1, 0.15) is 84.0 Å². The standard InChI is InChI=1S/C15H30P/c1-2-3-4-5-6-7-8-9-10-11-14-16-15-12-13-15/h15H,2-14H2,1H3. The Bertz CT molecular complexity index is 140. The zero-order chi connectivity index (χ0) is 11.5. The van der Waals surface area contributed by atoms with Crippen LogP contribution in [0.3, 0.4) is 0 Å². The maximum Gasteiger partial charge on any atom is -0.0170 e. The van der Waals surface area contributed by atoms with Gasteiger partial charge < -0.3 is 0 Å². The molecule has 1 aliphatic carbocycles. The third-order valence-corrected chi connectivity index (χ3v) is 5.05. The second kappa shape index (κ2) is 10.6. The van der Waals surface area contributed by atoms with E-state index in [9.17, 15) is 0 Å². The molecule has 0 amide bonds. The maximum absolute atomic E-state index is 2.29. The molecule has 0 aromatic carbocycles. The fraction of sp³-hybridized carbons (Fsp3) is 1.00. The summed E-state index contributed by atoms with van der Waals surface area (Å²) >= 11 is 0. The maximum atomic E-state index is 2.29. The van der Waals surface area contributed by atoms with E-state index in [2.05, 4.69) is 6.92 Å². The van der Waals surface area contributed by atoms with Crippen LogP contribution in [0.4, 0.5) is 0 Å². The lowest BCUT2D eigenvalue weighted by Gasteiger charge is -2.02. The van der Waals surface area contributed by atoms with E-state index in [1.54, 1.807) is 8.58 Å². The van der Waals surface area contributed by atoms with Crippen molar-refractivity contribution in [1.82, 2.24) is 0 Å². The molecule has 1 radical (unpaired) electrons. The minimum absolute atomic E-state index is 1.12. The van der Waals surface area contributed by atoms with Crippen molar-refractivity contribution >= 4 is 8.58 Å². The lowest BCUT2D eigenvalue weighted by Crippen LogP contribution is -1.83. The van der Waals surface area contributed by atoms with Crippen molar-refractivity contribution in [1.29, 1.82) is 0 Å². The molecule has 1 aliphatic rings. The quantitative estimate of drug-likeness (QED) is 0.289. The summed E-state index contributed by atoms with van der Waals surface area (Å²) in [7, 11) is 1.77. The van der Waals surface area contributed by atoms with Crippen molar-refractivity contribution in [3.63, 3.8) is 0 Å². The average molecular weight is 241 g/mol. The average Bonchev–Trinajstić information content (AvgIpc) is 3.10. The molecule has 0 bridgehead atoms. The Morgan fingerprint density at radius 3 is 1.75 bits per heavy atom. The zero-order valence-corrected chi connectivity index (χ0v) is 12.1. The Morgan fingerprint density at radius 1 is 0.750 bits per heavy atom. The van der Waals surface area contributed by atoms with Crippen molar-refractivity contribution in [2.24, 2.45) is 0 Å². The molecule has 16 heavy (non-hydrogen) atoms. The molecule has 0 heterocycles. The van der Waals surface area contributed by atoms with E-state index in [0.717, 1.165) is 5.66 Å². The van der Waals surface area contributed by atoms with Crippen molar-refractivity contribution in [2.45, 2.75) is 89.6 Å². The summed E-state index contributed by atoms with van der Waals surface area (Å²) in [5.74, 6) is 0. The van der Waals surface area contributed by atoms with Gasteiger partial charge in [-0.15, -0.1) is 0 Å². The lowest BCUT2D eigenvalue weighted by molar-refractivity contribution is 0.563. The van der Waals surface area contributed by atoms with E-state index in [0.29, 0.717) is 0 Å². The summed E-state index contributed by atoms with van der Waals surface area (Å²) in [6.07, 6.45) is 19.3. The predicted molar refractivity (Wildman–Crippen MR) is 76.7 cm³/mol. The van der Waals surface area contributed by atoms with Gasteiger partial charge in [0.2, 0.25) is 0 Å². The van der Waals surface area contributed by atoms with Crippen LogP contribution in [0.15, 0.2) is 0 Å². The topological polar surface area (TPSA) is 0 Å². The molecule has 1 fully saturated rings. The highest BCUT2D eigenvalue weighted by atomic mass is 31.1. The molecule has 1 saturated carbocycles. The number of unbranched alkanes of at least 4 members (excludes halogenated alkanes) is 9. The summed E-state index contributed by atoms with van der Waals surface area (Å²) in [4.78, 5) is 0. The van der Waals surface area contributed by atoms with Gasteiger partial charge in [-0.3, -0.25) is 0 Å². The smallest absolute Gasteiger partial charge is 0.0170 e. The largest absolute Gasteiger partial charge is 0.0775 e. The van der Waals surface area contributed by atoms with Crippen LogP contribution in [0, 0.1) is 0 Å². The van der Waals surface area contributed by atoms with Crippen LogP contribution in [0.5, 0.6) is 0 Å². The van der Waals surface area contributed by atoms with E-state index in [-0.39, 0.29) is 0 Å². The highest BCUT2D eigenvalue weighted by Gasteiger charge is 2.20. The van der Waals surface area contributed by atoms with Crippen molar-refractivity contribution < 1.29 is 0 Å². The van der Waals surface area contributed by atoms with Gasteiger partial charge in [0, 0.05) is 0 Å². The fourth-order valence-electron chi connectivity index (χ4n) is 2.13. The summed E-state index contributed by atoms with van der Waals surface area (Å²) in [5.41, 5.74) is 1.12. The fourth-order valence-corrected chi connectivity index (χ4v) is 3.42. The van der Waals surface area contributed by atoms with Gasteiger partial charge in [-0.25, -0.2) is 0 Å². The van der Waals surface area contributed by atoms with Gasteiger partial charge in [-0.2, -0.15) is 0 Å². The van der Waals surface area contributed by atoms with Crippen molar-refractivity contribution in [3.8, 4) is 0 Å². The van der Waals surface area contributed by atoms with E-state index in [1.165, 1.54) is 83.2 Å². The molecule has 0 aromatic rings.